The van der Waals surface area contributed by atoms with Crippen molar-refractivity contribution in [2.45, 2.75) is 5.37 Å². The molecule has 0 radical (unpaired) electrons. The smallest absolute Gasteiger partial charge is 0.255 e. The Balaban J connectivity index is 1.93. The van der Waals surface area contributed by atoms with Gasteiger partial charge in [-0.3, -0.25) is 4.79 Å². The van der Waals surface area contributed by atoms with Crippen LogP contribution in [0.5, 0.6) is 11.5 Å². The van der Waals surface area contributed by atoms with E-state index in [4.69, 9.17) is 9.47 Å². The van der Waals surface area contributed by atoms with Crippen LogP contribution >= 0.6 is 11.8 Å². The summed E-state index contributed by atoms with van der Waals surface area (Å²) >= 11 is 1.56. The third-order valence-corrected chi connectivity index (χ3v) is 5.16. The van der Waals surface area contributed by atoms with Crippen molar-refractivity contribution in [3.63, 3.8) is 0 Å². The molecule has 1 heterocycles. The van der Waals surface area contributed by atoms with Gasteiger partial charge in [0.05, 0.1) is 14.2 Å². The van der Waals surface area contributed by atoms with E-state index in [0.29, 0.717) is 29.2 Å². The Morgan fingerprint density at radius 1 is 1.17 bits per heavy atom. The van der Waals surface area contributed by atoms with Crippen molar-refractivity contribution >= 4 is 17.7 Å². The van der Waals surface area contributed by atoms with Crippen LogP contribution in [0.15, 0.2) is 42.5 Å². The summed E-state index contributed by atoms with van der Waals surface area (Å²) in [7, 11) is 3.08. The molecule has 1 amide bonds. The van der Waals surface area contributed by atoms with Crippen LogP contribution in [-0.2, 0) is 0 Å². The van der Waals surface area contributed by atoms with E-state index in [1.54, 1.807) is 53.1 Å². The third kappa shape index (κ3) is 3.19. The fourth-order valence-corrected chi connectivity index (χ4v) is 3.98. The third-order valence-electron chi connectivity index (χ3n) is 3.92. The van der Waals surface area contributed by atoms with Gasteiger partial charge in [-0.05, 0) is 18.2 Å². The minimum absolute atomic E-state index is 0.162. The summed E-state index contributed by atoms with van der Waals surface area (Å²) in [6.07, 6.45) is 0. The first-order valence-corrected chi connectivity index (χ1v) is 8.59. The highest BCUT2D eigenvalue weighted by Crippen LogP contribution is 2.40. The van der Waals surface area contributed by atoms with Crippen molar-refractivity contribution in [3.05, 3.63) is 59.4 Å². The van der Waals surface area contributed by atoms with Gasteiger partial charge in [0.2, 0.25) is 0 Å². The van der Waals surface area contributed by atoms with Gasteiger partial charge in [-0.15, -0.1) is 11.8 Å². The minimum Gasteiger partial charge on any atom is -0.497 e. The van der Waals surface area contributed by atoms with Crippen LogP contribution in [-0.4, -0.2) is 37.3 Å². The van der Waals surface area contributed by atoms with Crippen LogP contribution in [0.4, 0.5) is 4.39 Å². The number of ether oxygens (including phenoxy) is 2. The molecule has 0 aromatic heterocycles. The molecule has 1 saturated heterocycles. The van der Waals surface area contributed by atoms with Gasteiger partial charge in [0.1, 0.15) is 22.7 Å². The molecule has 4 nitrogen and oxygen atoms in total. The number of carbonyl (C=O) groups is 1. The second-order valence-corrected chi connectivity index (χ2v) is 6.53. The summed E-state index contributed by atoms with van der Waals surface area (Å²) in [5, 5.41) is -0.323. The summed E-state index contributed by atoms with van der Waals surface area (Å²) in [5.41, 5.74) is 0.998. The molecule has 1 aliphatic rings. The van der Waals surface area contributed by atoms with Crippen molar-refractivity contribution in [2.24, 2.45) is 0 Å². The van der Waals surface area contributed by atoms with E-state index in [-0.39, 0.29) is 17.1 Å². The van der Waals surface area contributed by atoms with E-state index in [0.717, 1.165) is 5.75 Å². The second-order valence-electron chi connectivity index (χ2n) is 5.34. The van der Waals surface area contributed by atoms with Gasteiger partial charge in [0.15, 0.2) is 0 Å². The fourth-order valence-electron chi connectivity index (χ4n) is 2.71. The van der Waals surface area contributed by atoms with Gasteiger partial charge in [0, 0.05) is 29.5 Å². The Hall–Kier alpha value is -2.21. The standard InChI is InChI=1S/C18H18FNO3S/c1-22-13-9-12(10-14(11-13)23-2)17(21)20-7-8-24-18(20)15-5-3-4-6-16(15)19/h3-6,9-11,18H,7-8H2,1-2H3/t18-/m1/s1. The number of methoxy groups -OCH3 is 2. The monoisotopic (exact) mass is 347 g/mol. The van der Waals surface area contributed by atoms with E-state index in [1.807, 2.05) is 0 Å². The number of benzene rings is 2. The number of rotatable bonds is 4. The molecule has 3 rings (SSSR count). The molecule has 6 heteroatoms. The molecule has 2 aromatic carbocycles. The molecule has 0 spiro atoms. The minimum atomic E-state index is -0.323. The fraction of sp³-hybridized carbons (Fsp3) is 0.278. The van der Waals surface area contributed by atoms with Gasteiger partial charge >= 0.3 is 0 Å². The van der Waals surface area contributed by atoms with E-state index in [1.165, 1.54) is 20.3 Å². The highest BCUT2D eigenvalue weighted by atomic mass is 32.2. The van der Waals surface area contributed by atoms with E-state index < -0.39 is 0 Å². The molecule has 0 aliphatic carbocycles. The highest BCUT2D eigenvalue weighted by molar-refractivity contribution is 7.99. The number of carbonyl (C=O) groups excluding carboxylic acids is 1. The SMILES string of the molecule is COc1cc(OC)cc(C(=O)N2CCS[C@@H]2c2ccccc2F)c1. The number of amides is 1. The summed E-state index contributed by atoms with van der Waals surface area (Å²) in [5.74, 6) is 1.41. The molecule has 126 valence electrons. The normalized spacial score (nSPS) is 17.0. The van der Waals surface area contributed by atoms with Crippen molar-refractivity contribution in [3.8, 4) is 11.5 Å². The number of hydrogen-bond acceptors (Lipinski definition) is 4. The molecule has 24 heavy (non-hydrogen) atoms. The van der Waals surface area contributed by atoms with Gasteiger partial charge in [0.25, 0.3) is 5.91 Å². The average Bonchev–Trinajstić information content (AvgIpc) is 3.10. The first-order chi connectivity index (χ1) is 11.6. The summed E-state index contributed by atoms with van der Waals surface area (Å²) < 4.78 is 24.6. The number of nitrogens with zero attached hydrogens (tertiary/aromatic N) is 1. The lowest BCUT2D eigenvalue weighted by molar-refractivity contribution is 0.0758. The maximum atomic E-state index is 14.1. The first kappa shape index (κ1) is 16.6. The second kappa shape index (κ2) is 7.13. The van der Waals surface area contributed by atoms with Gasteiger partial charge in [-0.25, -0.2) is 4.39 Å². The molecule has 1 aliphatic heterocycles. The molecule has 0 bridgehead atoms. The van der Waals surface area contributed by atoms with Crippen LogP contribution in [0.2, 0.25) is 0 Å². The predicted molar refractivity (Wildman–Crippen MR) is 92.2 cm³/mol. The van der Waals surface area contributed by atoms with E-state index >= 15 is 0 Å². The molecular weight excluding hydrogens is 329 g/mol. The molecule has 0 saturated carbocycles. The number of hydrogen-bond donors (Lipinski definition) is 0. The van der Waals surface area contributed by atoms with Crippen LogP contribution in [0, 0.1) is 5.82 Å². The lowest BCUT2D eigenvalue weighted by Crippen LogP contribution is -2.30. The topological polar surface area (TPSA) is 38.8 Å². The summed E-state index contributed by atoms with van der Waals surface area (Å²) in [6.45, 7) is 0.571. The number of thioether (sulfide) groups is 1. The zero-order chi connectivity index (χ0) is 17.1. The van der Waals surface area contributed by atoms with Crippen LogP contribution in [0.3, 0.4) is 0 Å². The molecule has 2 aromatic rings. The zero-order valence-corrected chi connectivity index (χ0v) is 14.3. The van der Waals surface area contributed by atoms with Crippen molar-refractivity contribution in [1.29, 1.82) is 0 Å². The highest BCUT2D eigenvalue weighted by Gasteiger charge is 2.33. The van der Waals surface area contributed by atoms with Crippen LogP contribution in [0.25, 0.3) is 0 Å². The lowest BCUT2D eigenvalue weighted by Gasteiger charge is -2.25. The Labute approximate surface area is 144 Å². The predicted octanol–water partition coefficient (Wildman–Crippen LogP) is 3.73. The number of halogens is 1. The maximum absolute atomic E-state index is 14.1. The van der Waals surface area contributed by atoms with Gasteiger partial charge in [-0.1, -0.05) is 18.2 Å². The molecule has 0 unspecified atom stereocenters. The maximum Gasteiger partial charge on any atom is 0.255 e. The molecule has 1 atom stereocenters. The first-order valence-electron chi connectivity index (χ1n) is 7.54. The molecular formula is C18H18FNO3S. The Morgan fingerprint density at radius 2 is 1.83 bits per heavy atom. The molecule has 0 N–H and O–H groups in total. The van der Waals surface area contributed by atoms with Crippen molar-refractivity contribution in [2.75, 3.05) is 26.5 Å². The summed E-state index contributed by atoms with van der Waals surface area (Å²) in [6, 6.07) is 11.6. The Bertz CT molecular complexity index is 731. The van der Waals surface area contributed by atoms with E-state index in [9.17, 15) is 9.18 Å². The Kier molecular flexibility index (Phi) is 4.94. The lowest BCUT2D eigenvalue weighted by atomic mass is 10.1. The average molecular weight is 347 g/mol. The summed E-state index contributed by atoms with van der Waals surface area (Å²) in [4.78, 5) is 14.6. The molecule has 1 fully saturated rings. The largest absolute Gasteiger partial charge is 0.497 e. The van der Waals surface area contributed by atoms with Gasteiger partial charge < -0.3 is 14.4 Å². The van der Waals surface area contributed by atoms with Crippen LogP contribution < -0.4 is 9.47 Å². The Morgan fingerprint density at radius 3 is 2.46 bits per heavy atom. The quantitative estimate of drug-likeness (QED) is 0.845. The van der Waals surface area contributed by atoms with Crippen molar-refractivity contribution < 1.29 is 18.7 Å². The van der Waals surface area contributed by atoms with Gasteiger partial charge in [-0.2, -0.15) is 0 Å². The van der Waals surface area contributed by atoms with Crippen molar-refractivity contribution in [1.82, 2.24) is 4.90 Å². The van der Waals surface area contributed by atoms with Crippen LogP contribution in [0.1, 0.15) is 21.3 Å². The zero-order valence-electron chi connectivity index (χ0n) is 13.5. The van der Waals surface area contributed by atoms with E-state index in [2.05, 4.69) is 0 Å².